The Morgan fingerprint density at radius 2 is 2.33 bits per heavy atom. The van der Waals surface area contributed by atoms with Crippen molar-refractivity contribution in [3.05, 3.63) is 0 Å². The molecule has 0 saturated heterocycles. The van der Waals surface area contributed by atoms with Crippen molar-refractivity contribution in [2.45, 2.75) is 6.04 Å². The van der Waals surface area contributed by atoms with E-state index in [1.807, 2.05) is 0 Å². The van der Waals surface area contributed by atoms with Crippen LogP contribution in [-0.4, -0.2) is 55.5 Å². The van der Waals surface area contributed by atoms with Gasteiger partial charge in [-0.25, -0.2) is 0 Å². The van der Waals surface area contributed by atoms with Crippen molar-refractivity contribution in [2.75, 3.05) is 27.2 Å². The fourth-order valence-corrected chi connectivity index (χ4v) is 0.761. The van der Waals surface area contributed by atoms with E-state index >= 15 is 0 Å². The number of rotatable bonds is 5. The second-order valence-electron chi connectivity index (χ2n) is 2.41. The van der Waals surface area contributed by atoms with Crippen molar-refractivity contribution in [3.63, 3.8) is 0 Å². The molecule has 0 aromatic carbocycles. The first-order valence-corrected chi connectivity index (χ1v) is 3.64. The highest BCUT2D eigenvalue weighted by Gasteiger charge is 2.18. The molecule has 0 bridgehead atoms. The van der Waals surface area contributed by atoms with Crippen molar-refractivity contribution in [3.8, 4) is 0 Å². The molecule has 70 valence electrons. The van der Waals surface area contributed by atoms with Crippen LogP contribution in [0.25, 0.3) is 0 Å². The Kier molecular flexibility index (Phi) is 5.23. The highest BCUT2D eigenvalue weighted by atomic mass is 16.3. The van der Waals surface area contributed by atoms with Gasteiger partial charge in [0.1, 0.15) is 12.3 Å². The van der Waals surface area contributed by atoms with Crippen LogP contribution in [0.15, 0.2) is 0 Å². The second-order valence-corrected chi connectivity index (χ2v) is 2.41. The SMILES string of the molecule is CN[C@@H](CO)C(=O)N(C)CC=O. The molecule has 1 amide bonds. The van der Waals surface area contributed by atoms with Gasteiger partial charge in [-0.3, -0.25) is 4.79 Å². The molecule has 0 heterocycles. The molecule has 0 spiro atoms. The molecular weight excluding hydrogens is 160 g/mol. The van der Waals surface area contributed by atoms with Crippen LogP contribution in [0, 0.1) is 0 Å². The lowest BCUT2D eigenvalue weighted by Crippen LogP contribution is -2.46. The molecule has 12 heavy (non-hydrogen) atoms. The van der Waals surface area contributed by atoms with E-state index in [1.54, 1.807) is 7.05 Å². The van der Waals surface area contributed by atoms with Crippen LogP contribution < -0.4 is 5.32 Å². The fraction of sp³-hybridized carbons (Fsp3) is 0.714. The molecule has 5 nitrogen and oxygen atoms in total. The summed E-state index contributed by atoms with van der Waals surface area (Å²) in [4.78, 5) is 22.5. The minimum Gasteiger partial charge on any atom is -0.394 e. The molecule has 0 aromatic rings. The average molecular weight is 174 g/mol. The third-order valence-corrected chi connectivity index (χ3v) is 1.55. The zero-order valence-electron chi connectivity index (χ0n) is 7.28. The van der Waals surface area contributed by atoms with Crippen LogP contribution in [0.3, 0.4) is 0 Å². The van der Waals surface area contributed by atoms with Crippen LogP contribution >= 0.6 is 0 Å². The lowest BCUT2D eigenvalue weighted by atomic mass is 10.3. The first kappa shape index (κ1) is 11.1. The van der Waals surface area contributed by atoms with Gasteiger partial charge in [-0.2, -0.15) is 0 Å². The number of hydrogen-bond donors (Lipinski definition) is 2. The Hall–Kier alpha value is -0.940. The molecule has 2 N–H and O–H groups in total. The van der Waals surface area contributed by atoms with Crippen molar-refractivity contribution >= 4 is 12.2 Å². The van der Waals surface area contributed by atoms with Gasteiger partial charge in [0.2, 0.25) is 5.91 Å². The number of carbonyl (C=O) groups is 2. The minimum atomic E-state index is -0.616. The molecule has 0 rings (SSSR count). The molecule has 0 radical (unpaired) electrons. The predicted molar refractivity (Wildman–Crippen MR) is 43.6 cm³/mol. The molecular formula is C7H14N2O3. The second kappa shape index (κ2) is 5.68. The van der Waals surface area contributed by atoms with Gasteiger partial charge in [0.05, 0.1) is 13.2 Å². The highest BCUT2D eigenvalue weighted by Crippen LogP contribution is 1.89. The summed E-state index contributed by atoms with van der Waals surface area (Å²) >= 11 is 0. The van der Waals surface area contributed by atoms with Crippen LogP contribution in [0.5, 0.6) is 0 Å². The molecule has 1 atom stereocenters. The standard InChI is InChI=1S/C7H14N2O3/c1-8-6(5-11)7(12)9(2)3-4-10/h4,6,8,11H,3,5H2,1-2H3/t6-/m0/s1. The third kappa shape index (κ3) is 2.98. The number of nitrogens with zero attached hydrogens (tertiary/aromatic N) is 1. The van der Waals surface area contributed by atoms with E-state index in [1.165, 1.54) is 11.9 Å². The van der Waals surface area contributed by atoms with E-state index in [4.69, 9.17) is 5.11 Å². The van der Waals surface area contributed by atoms with Gasteiger partial charge in [-0.05, 0) is 7.05 Å². The number of likely N-dealkylation sites (N-methyl/N-ethyl adjacent to an activating group) is 2. The highest BCUT2D eigenvalue weighted by molar-refractivity contribution is 5.83. The van der Waals surface area contributed by atoms with Crippen molar-refractivity contribution in [1.29, 1.82) is 0 Å². The lowest BCUT2D eigenvalue weighted by Gasteiger charge is -2.19. The topological polar surface area (TPSA) is 69.6 Å². The maximum atomic E-state index is 11.2. The maximum absolute atomic E-state index is 11.2. The average Bonchev–Trinajstić information content (AvgIpc) is 2.07. The fourth-order valence-electron chi connectivity index (χ4n) is 0.761. The Morgan fingerprint density at radius 3 is 2.67 bits per heavy atom. The Morgan fingerprint density at radius 1 is 1.75 bits per heavy atom. The molecule has 0 aliphatic carbocycles. The van der Waals surface area contributed by atoms with Gasteiger partial charge in [0.15, 0.2) is 0 Å². The van der Waals surface area contributed by atoms with Crippen LogP contribution in [-0.2, 0) is 9.59 Å². The van der Waals surface area contributed by atoms with Gasteiger partial charge >= 0.3 is 0 Å². The van der Waals surface area contributed by atoms with E-state index in [2.05, 4.69) is 5.32 Å². The summed E-state index contributed by atoms with van der Waals surface area (Å²) in [7, 11) is 3.09. The minimum absolute atomic E-state index is 0.0526. The van der Waals surface area contributed by atoms with Gasteiger partial charge in [-0.1, -0.05) is 0 Å². The van der Waals surface area contributed by atoms with E-state index in [0.29, 0.717) is 6.29 Å². The van der Waals surface area contributed by atoms with Crippen LogP contribution in [0.2, 0.25) is 0 Å². The monoisotopic (exact) mass is 174 g/mol. The Balaban J connectivity index is 4.05. The molecule has 0 aromatic heterocycles. The predicted octanol–water partition coefficient (Wildman–Crippen LogP) is -1.78. The number of carbonyl (C=O) groups excluding carboxylic acids is 2. The first-order chi connectivity index (χ1) is 5.67. The van der Waals surface area contributed by atoms with Crippen LogP contribution in [0.4, 0.5) is 0 Å². The number of aliphatic hydroxyl groups excluding tert-OH is 1. The summed E-state index contributed by atoms with van der Waals surface area (Å²) in [6.45, 7) is -0.213. The van der Waals surface area contributed by atoms with Gasteiger partial charge in [-0.15, -0.1) is 0 Å². The van der Waals surface area contributed by atoms with Crippen molar-refractivity contribution in [2.24, 2.45) is 0 Å². The zero-order valence-corrected chi connectivity index (χ0v) is 7.28. The van der Waals surface area contributed by atoms with Gasteiger partial charge in [0, 0.05) is 7.05 Å². The molecule has 0 aliphatic rings. The smallest absolute Gasteiger partial charge is 0.242 e. The number of hydrogen-bond acceptors (Lipinski definition) is 4. The summed E-state index contributed by atoms with van der Waals surface area (Å²) in [6.07, 6.45) is 0.641. The summed E-state index contributed by atoms with van der Waals surface area (Å²) < 4.78 is 0. The van der Waals surface area contributed by atoms with Crippen molar-refractivity contribution in [1.82, 2.24) is 10.2 Å². The Labute approximate surface area is 71.4 Å². The quantitative estimate of drug-likeness (QED) is 0.484. The normalized spacial score (nSPS) is 12.2. The summed E-state index contributed by atoms with van der Waals surface area (Å²) in [6, 6.07) is -0.616. The van der Waals surface area contributed by atoms with E-state index < -0.39 is 6.04 Å². The lowest BCUT2D eigenvalue weighted by molar-refractivity contribution is -0.134. The Bertz CT molecular complexity index is 157. The molecule has 0 aliphatic heterocycles. The molecule has 5 heteroatoms. The van der Waals surface area contributed by atoms with E-state index in [0.717, 1.165) is 0 Å². The summed E-state index contributed by atoms with van der Waals surface area (Å²) in [5.41, 5.74) is 0. The van der Waals surface area contributed by atoms with Gasteiger partial charge < -0.3 is 20.1 Å². The summed E-state index contributed by atoms with van der Waals surface area (Å²) in [5.74, 6) is -0.285. The van der Waals surface area contributed by atoms with E-state index in [9.17, 15) is 9.59 Å². The number of amides is 1. The van der Waals surface area contributed by atoms with Crippen LogP contribution in [0.1, 0.15) is 0 Å². The third-order valence-electron chi connectivity index (χ3n) is 1.55. The van der Waals surface area contributed by atoms with E-state index in [-0.39, 0.29) is 19.1 Å². The maximum Gasteiger partial charge on any atom is 0.242 e. The molecule has 0 saturated carbocycles. The first-order valence-electron chi connectivity index (χ1n) is 3.64. The molecule has 0 unspecified atom stereocenters. The zero-order chi connectivity index (χ0) is 9.56. The van der Waals surface area contributed by atoms with Crippen molar-refractivity contribution < 1.29 is 14.7 Å². The number of nitrogens with one attached hydrogen (secondary N) is 1. The van der Waals surface area contributed by atoms with Gasteiger partial charge in [0.25, 0.3) is 0 Å². The largest absolute Gasteiger partial charge is 0.394 e. The molecule has 0 fully saturated rings. The number of aldehydes is 1. The number of aliphatic hydroxyl groups is 1. The summed E-state index contributed by atoms with van der Waals surface area (Å²) in [5, 5.41) is 11.3.